The normalized spacial score (nSPS) is 12.0. The molecule has 0 aliphatic rings. The molecule has 0 saturated carbocycles. The Balaban J connectivity index is 2.46. The lowest BCUT2D eigenvalue weighted by atomic mass is 10.1. The summed E-state index contributed by atoms with van der Waals surface area (Å²) in [5.74, 6) is -0.113. The zero-order chi connectivity index (χ0) is 15.8. The fourth-order valence-electron chi connectivity index (χ4n) is 1.78. The van der Waals surface area contributed by atoms with Crippen LogP contribution in [-0.4, -0.2) is 16.1 Å². The molecule has 0 fully saturated rings. The summed E-state index contributed by atoms with van der Waals surface area (Å²) in [7, 11) is 0. The first kappa shape index (κ1) is 15.9. The third kappa shape index (κ3) is 3.78. The highest BCUT2D eigenvalue weighted by molar-refractivity contribution is 9.10. The van der Waals surface area contributed by atoms with E-state index in [4.69, 9.17) is 0 Å². The lowest BCUT2D eigenvalue weighted by Crippen LogP contribution is -2.17. The van der Waals surface area contributed by atoms with E-state index in [1.165, 1.54) is 10.7 Å². The molecule has 1 aromatic carbocycles. The van der Waals surface area contributed by atoms with Crippen LogP contribution in [0.4, 0.5) is 13.2 Å². The molecular weight excluding hydrogens is 349 g/mol. The summed E-state index contributed by atoms with van der Waals surface area (Å²) in [6.07, 6.45) is -4.73. The molecule has 7 heteroatoms. The predicted molar refractivity (Wildman–Crippen MR) is 75.6 cm³/mol. The van der Waals surface area contributed by atoms with Crippen molar-refractivity contribution in [1.29, 1.82) is 0 Å². The number of hydrogen-bond donors (Lipinski definition) is 0. The van der Waals surface area contributed by atoms with Crippen molar-refractivity contribution in [1.82, 2.24) is 9.78 Å². The molecule has 2 rings (SSSR count). The summed E-state index contributed by atoms with van der Waals surface area (Å²) in [5, 5.41) is 4.39. The van der Waals surface area contributed by atoms with Gasteiger partial charge in [0.05, 0.1) is 11.4 Å². The van der Waals surface area contributed by atoms with Crippen molar-refractivity contribution in [2.75, 3.05) is 0 Å². The summed E-state index contributed by atoms with van der Waals surface area (Å²) in [4.78, 5) is 0. The molecule has 0 aliphatic carbocycles. The number of halogens is 4. The Hall–Kier alpha value is -1.50. The zero-order valence-electron chi connectivity index (χ0n) is 11.6. The SMILES string of the molecule is Cc1[c]cc(OC(F)(F)F)cc1-n1nc(C(C)C)cc1Br. The van der Waals surface area contributed by atoms with Crippen LogP contribution in [0.1, 0.15) is 31.0 Å². The van der Waals surface area contributed by atoms with E-state index in [9.17, 15) is 13.2 Å². The number of nitrogens with zero attached hydrogens (tertiary/aromatic N) is 2. The van der Waals surface area contributed by atoms with E-state index in [2.05, 4.69) is 31.8 Å². The predicted octanol–water partition coefficient (Wildman–Crippen LogP) is 4.77. The van der Waals surface area contributed by atoms with Crippen LogP contribution >= 0.6 is 15.9 Å². The van der Waals surface area contributed by atoms with E-state index in [0.717, 1.165) is 11.8 Å². The molecule has 3 nitrogen and oxygen atoms in total. The molecule has 0 amide bonds. The first-order valence-corrected chi connectivity index (χ1v) is 7.00. The second kappa shape index (κ2) is 5.71. The smallest absolute Gasteiger partial charge is 0.406 e. The average molecular weight is 362 g/mol. The second-order valence-electron chi connectivity index (χ2n) is 4.85. The lowest BCUT2D eigenvalue weighted by molar-refractivity contribution is -0.274. The monoisotopic (exact) mass is 361 g/mol. The van der Waals surface area contributed by atoms with Gasteiger partial charge in [-0.25, -0.2) is 4.68 Å². The van der Waals surface area contributed by atoms with Gasteiger partial charge in [-0.1, -0.05) is 13.8 Å². The molecule has 0 unspecified atom stereocenters. The van der Waals surface area contributed by atoms with Crippen LogP contribution in [-0.2, 0) is 0 Å². The van der Waals surface area contributed by atoms with E-state index in [0.29, 0.717) is 15.9 Å². The van der Waals surface area contributed by atoms with Gasteiger partial charge in [-0.05, 0) is 52.5 Å². The highest BCUT2D eigenvalue weighted by Crippen LogP contribution is 2.29. The summed E-state index contributed by atoms with van der Waals surface area (Å²) >= 11 is 3.37. The quantitative estimate of drug-likeness (QED) is 0.787. The largest absolute Gasteiger partial charge is 0.573 e. The Morgan fingerprint density at radius 3 is 2.52 bits per heavy atom. The molecule has 0 atom stereocenters. The summed E-state index contributed by atoms with van der Waals surface area (Å²) in [6, 6.07) is 7.04. The number of rotatable bonds is 3. The third-order valence-electron chi connectivity index (χ3n) is 2.83. The Bertz CT molecular complexity index is 650. The highest BCUT2D eigenvalue weighted by atomic mass is 79.9. The summed E-state index contributed by atoms with van der Waals surface area (Å²) < 4.78 is 43.0. The highest BCUT2D eigenvalue weighted by Gasteiger charge is 2.31. The molecule has 0 N–H and O–H groups in total. The van der Waals surface area contributed by atoms with E-state index < -0.39 is 6.36 Å². The third-order valence-corrected chi connectivity index (χ3v) is 3.40. The van der Waals surface area contributed by atoms with Gasteiger partial charge >= 0.3 is 6.36 Å². The van der Waals surface area contributed by atoms with Crippen LogP contribution in [0, 0.1) is 13.0 Å². The molecule has 113 valence electrons. The lowest BCUT2D eigenvalue weighted by Gasteiger charge is -2.12. The minimum absolute atomic E-state index is 0.210. The number of benzene rings is 1. The number of ether oxygens (including phenoxy) is 1. The van der Waals surface area contributed by atoms with Crippen LogP contribution < -0.4 is 4.74 Å². The van der Waals surface area contributed by atoms with Crippen molar-refractivity contribution in [3.05, 3.63) is 40.1 Å². The first-order valence-electron chi connectivity index (χ1n) is 6.21. The fraction of sp³-hybridized carbons (Fsp3) is 0.357. The van der Waals surface area contributed by atoms with Crippen LogP contribution in [0.3, 0.4) is 0 Å². The topological polar surface area (TPSA) is 27.1 Å². The van der Waals surface area contributed by atoms with Crippen molar-refractivity contribution >= 4 is 15.9 Å². The summed E-state index contributed by atoms with van der Waals surface area (Å²) in [6.45, 7) is 5.72. The van der Waals surface area contributed by atoms with E-state index in [1.807, 2.05) is 19.9 Å². The van der Waals surface area contributed by atoms with Crippen LogP contribution in [0.5, 0.6) is 5.75 Å². The Morgan fingerprint density at radius 2 is 2.00 bits per heavy atom. The molecule has 21 heavy (non-hydrogen) atoms. The molecule has 0 aliphatic heterocycles. The minimum atomic E-state index is -4.73. The van der Waals surface area contributed by atoms with E-state index in [-0.39, 0.29) is 11.7 Å². The molecule has 1 aromatic heterocycles. The number of aromatic nitrogens is 2. The van der Waals surface area contributed by atoms with Crippen molar-refractivity contribution in [2.24, 2.45) is 0 Å². The van der Waals surface area contributed by atoms with Gasteiger partial charge in [0.25, 0.3) is 0 Å². The maximum Gasteiger partial charge on any atom is 0.573 e. The second-order valence-corrected chi connectivity index (χ2v) is 5.66. The zero-order valence-corrected chi connectivity index (χ0v) is 13.2. The average Bonchev–Trinajstić information content (AvgIpc) is 2.72. The van der Waals surface area contributed by atoms with Crippen LogP contribution in [0.25, 0.3) is 5.69 Å². The van der Waals surface area contributed by atoms with Crippen LogP contribution in [0.2, 0.25) is 0 Å². The van der Waals surface area contributed by atoms with Gasteiger partial charge in [-0.2, -0.15) is 5.10 Å². The van der Waals surface area contributed by atoms with Gasteiger partial charge in [0.2, 0.25) is 0 Å². The number of aryl methyl sites for hydroxylation is 1. The standard InChI is InChI=1S/C14H13BrF3N2O/c1-8(2)11-7-13(15)20(19-11)12-6-10(5-4-9(12)3)21-14(16,17)18/h5-8H,1-3H3. The van der Waals surface area contributed by atoms with Gasteiger partial charge < -0.3 is 4.74 Å². The van der Waals surface area contributed by atoms with Gasteiger partial charge in [-0.15, -0.1) is 13.2 Å². The van der Waals surface area contributed by atoms with Gasteiger partial charge in [0.15, 0.2) is 0 Å². The van der Waals surface area contributed by atoms with Gasteiger partial charge in [0, 0.05) is 6.07 Å². The molecule has 0 saturated heterocycles. The molecule has 1 radical (unpaired) electrons. The maximum atomic E-state index is 12.3. The summed E-state index contributed by atoms with van der Waals surface area (Å²) in [5.41, 5.74) is 1.99. The van der Waals surface area contributed by atoms with Crippen molar-refractivity contribution in [3.63, 3.8) is 0 Å². The van der Waals surface area contributed by atoms with Gasteiger partial charge in [0.1, 0.15) is 10.4 Å². The maximum absolute atomic E-state index is 12.3. The Labute approximate surface area is 128 Å². The van der Waals surface area contributed by atoms with E-state index >= 15 is 0 Å². The van der Waals surface area contributed by atoms with E-state index in [1.54, 1.807) is 6.92 Å². The minimum Gasteiger partial charge on any atom is -0.406 e. The molecule has 1 heterocycles. The fourth-order valence-corrected chi connectivity index (χ4v) is 2.28. The molecule has 0 bridgehead atoms. The molecule has 0 spiro atoms. The van der Waals surface area contributed by atoms with Gasteiger partial charge in [-0.3, -0.25) is 0 Å². The molecule has 2 aromatic rings. The number of hydrogen-bond acceptors (Lipinski definition) is 2. The Kier molecular flexibility index (Phi) is 4.32. The Morgan fingerprint density at radius 1 is 1.33 bits per heavy atom. The molecular formula is C14H13BrF3N2O. The first-order chi connectivity index (χ1) is 9.67. The van der Waals surface area contributed by atoms with Crippen LogP contribution in [0.15, 0.2) is 22.8 Å². The number of alkyl halides is 3. The van der Waals surface area contributed by atoms with Crippen molar-refractivity contribution < 1.29 is 17.9 Å². The van der Waals surface area contributed by atoms with Crippen molar-refractivity contribution in [2.45, 2.75) is 33.1 Å². The van der Waals surface area contributed by atoms with Crippen molar-refractivity contribution in [3.8, 4) is 11.4 Å².